The zero-order chi connectivity index (χ0) is 20.1. The second-order valence-corrected chi connectivity index (χ2v) is 6.83. The molecule has 2 aromatic rings. The number of hydrogen-bond donors (Lipinski definition) is 3. The van der Waals surface area contributed by atoms with Crippen LogP contribution in [0.4, 0.5) is 11.4 Å². The van der Waals surface area contributed by atoms with Crippen LogP contribution in [0.1, 0.15) is 25.3 Å². The second-order valence-electron chi connectivity index (χ2n) is 6.83. The van der Waals surface area contributed by atoms with E-state index in [4.69, 9.17) is 4.74 Å². The molecule has 0 bridgehead atoms. The number of nitrogens with one attached hydrogen (secondary N) is 3. The summed E-state index contributed by atoms with van der Waals surface area (Å²) in [5.41, 5.74) is 1.01. The average Bonchev–Trinajstić information content (AvgIpc) is 3.48. The van der Waals surface area contributed by atoms with E-state index < -0.39 is 5.41 Å². The van der Waals surface area contributed by atoms with Gasteiger partial charge >= 0.3 is 0 Å². The van der Waals surface area contributed by atoms with Crippen molar-refractivity contribution in [3.8, 4) is 5.75 Å². The molecule has 1 fully saturated rings. The number of carbonyl (C=O) groups excluding carboxylic acids is 3. The maximum atomic E-state index is 12.7. The molecule has 0 radical (unpaired) electrons. The van der Waals surface area contributed by atoms with Gasteiger partial charge in [0.05, 0.1) is 7.11 Å². The summed E-state index contributed by atoms with van der Waals surface area (Å²) in [6, 6.07) is 14.2. The average molecular weight is 381 g/mol. The molecule has 0 atom stereocenters. The predicted molar refractivity (Wildman–Crippen MR) is 106 cm³/mol. The SMILES string of the molecule is COc1ccc(CNC(=O)C2(C(=O)Nc3cccc(NC(C)=O)c3)CC2)cc1. The van der Waals surface area contributed by atoms with Crippen molar-refractivity contribution in [2.24, 2.45) is 5.41 Å². The lowest BCUT2D eigenvalue weighted by atomic mass is 10.0. The minimum atomic E-state index is -1.03. The summed E-state index contributed by atoms with van der Waals surface area (Å²) in [5, 5.41) is 8.29. The van der Waals surface area contributed by atoms with Crippen LogP contribution in [0.25, 0.3) is 0 Å². The Morgan fingerprint density at radius 1 is 0.964 bits per heavy atom. The van der Waals surface area contributed by atoms with Gasteiger partial charge in [0, 0.05) is 24.8 Å². The number of carbonyl (C=O) groups is 3. The van der Waals surface area contributed by atoms with Gasteiger partial charge in [-0.1, -0.05) is 18.2 Å². The number of methoxy groups -OCH3 is 1. The van der Waals surface area contributed by atoms with Crippen molar-refractivity contribution in [2.45, 2.75) is 26.3 Å². The van der Waals surface area contributed by atoms with Crippen LogP contribution in [-0.2, 0) is 20.9 Å². The molecule has 3 amide bonds. The molecule has 3 N–H and O–H groups in total. The normalized spacial score (nSPS) is 13.9. The maximum absolute atomic E-state index is 12.7. The number of ether oxygens (including phenoxy) is 1. The molecular formula is C21H23N3O4. The van der Waals surface area contributed by atoms with Crippen LogP contribution in [-0.4, -0.2) is 24.8 Å². The van der Waals surface area contributed by atoms with Crippen LogP contribution in [0.15, 0.2) is 48.5 Å². The lowest BCUT2D eigenvalue weighted by Crippen LogP contribution is -2.39. The predicted octanol–water partition coefficient (Wildman–Crippen LogP) is 2.69. The first-order chi connectivity index (χ1) is 13.4. The lowest BCUT2D eigenvalue weighted by Gasteiger charge is -2.16. The quantitative estimate of drug-likeness (QED) is 0.643. The van der Waals surface area contributed by atoms with Gasteiger partial charge in [-0.05, 0) is 48.7 Å². The van der Waals surface area contributed by atoms with E-state index in [1.807, 2.05) is 24.3 Å². The van der Waals surface area contributed by atoms with Gasteiger partial charge in [-0.15, -0.1) is 0 Å². The monoisotopic (exact) mass is 381 g/mol. The van der Waals surface area contributed by atoms with Gasteiger partial charge in [0.1, 0.15) is 11.2 Å². The summed E-state index contributed by atoms with van der Waals surface area (Å²) in [6.07, 6.45) is 1.03. The van der Waals surface area contributed by atoms with E-state index in [0.29, 0.717) is 30.8 Å². The summed E-state index contributed by atoms with van der Waals surface area (Å²) in [7, 11) is 1.60. The molecule has 7 nitrogen and oxygen atoms in total. The number of hydrogen-bond acceptors (Lipinski definition) is 4. The van der Waals surface area contributed by atoms with E-state index >= 15 is 0 Å². The third kappa shape index (κ3) is 4.49. The Bertz CT molecular complexity index is 889. The van der Waals surface area contributed by atoms with E-state index in [-0.39, 0.29) is 17.7 Å². The number of anilines is 2. The Balaban J connectivity index is 1.59. The van der Waals surface area contributed by atoms with Crippen LogP contribution in [0.5, 0.6) is 5.75 Å². The summed E-state index contributed by atoms with van der Waals surface area (Å²) in [5.74, 6) is -0.0619. The minimum Gasteiger partial charge on any atom is -0.497 e. The van der Waals surface area contributed by atoms with Crippen LogP contribution in [0.3, 0.4) is 0 Å². The number of amides is 3. The maximum Gasteiger partial charge on any atom is 0.240 e. The fourth-order valence-corrected chi connectivity index (χ4v) is 2.91. The highest BCUT2D eigenvalue weighted by Gasteiger charge is 2.56. The first-order valence-corrected chi connectivity index (χ1v) is 9.03. The highest BCUT2D eigenvalue weighted by Crippen LogP contribution is 2.47. The van der Waals surface area contributed by atoms with Crippen molar-refractivity contribution < 1.29 is 19.1 Å². The van der Waals surface area contributed by atoms with Gasteiger partial charge in [0.25, 0.3) is 0 Å². The summed E-state index contributed by atoms with van der Waals surface area (Å²) < 4.78 is 5.11. The van der Waals surface area contributed by atoms with Crippen LogP contribution in [0.2, 0.25) is 0 Å². The van der Waals surface area contributed by atoms with Gasteiger partial charge in [-0.3, -0.25) is 14.4 Å². The molecule has 28 heavy (non-hydrogen) atoms. The Hall–Kier alpha value is -3.35. The van der Waals surface area contributed by atoms with E-state index in [1.165, 1.54) is 6.92 Å². The van der Waals surface area contributed by atoms with E-state index in [2.05, 4.69) is 16.0 Å². The van der Waals surface area contributed by atoms with E-state index in [1.54, 1.807) is 31.4 Å². The fraction of sp³-hybridized carbons (Fsp3) is 0.286. The molecule has 1 aliphatic rings. The molecule has 0 aromatic heterocycles. The van der Waals surface area contributed by atoms with E-state index in [9.17, 15) is 14.4 Å². The molecule has 0 unspecified atom stereocenters. The molecule has 0 aliphatic heterocycles. The van der Waals surface area contributed by atoms with Crippen molar-refractivity contribution in [1.82, 2.24) is 5.32 Å². The molecule has 146 valence electrons. The van der Waals surface area contributed by atoms with Crippen molar-refractivity contribution in [1.29, 1.82) is 0 Å². The summed E-state index contributed by atoms with van der Waals surface area (Å²) >= 11 is 0. The third-order valence-electron chi connectivity index (χ3n) is 4.67. The van der Waals surface area contributed by atoms with Crippen molar-refractivity contribution in [3.63, 3.8) is 0 Å². The Labute approximate surface area is 163 Å². The topological polar surface area (TPSA) is 96.5 Å². The zero-order valence-corrected chi connectivity index (χ0v) is 15.9. The second kappa shape index (κ2) is 8.12. The van der Waals surface area contributed by atoms with Crippen LogP contribution in [0, 0.1) is 5.41 Å². The van der Waals surface area contributed by atoms with Crippen LogP contribution < -0.4 is 20.7 Å². The van der Waals surface area contributed by atoms with E-state index in [0.717, 1.165) is 11.3 Å². The molecule has 2 aromatic carbocycles. The molecule has 1 aliphatic carbocycles. The molecular weight excluding hydrogens is 358 g/mol. The standard InChI is InChI=1S/C21H23N3O4/c1-14(25)23-16-4-3-5-17(12-16)24-20(27)21(10-11-21)19(26)22-13-15-6-8-18(28-2)9-7-15/h3-9,12H,10-11,13H2,1-2H3,(H,22,26)(H,23,25)(H,24,27). The zero-order valence-electron chi connectivity index (χ0n) is 15.9. The van der Waals surface area contributed by atoms with Gasteiger partial charge in [-0.25, -0.2) is 0 Å². The smallest absolute Gasteiger partial charge is 0.240 e. The summed E-state index contributed by atoms with van der Waals surface area (Å²) in [6.45, 7) is 1.76. The molecule has 0 saturated heterocycles. The summed E-state index contributed by atoms with van der Waals surface area (Å²) in [4.78, 5) is 36.5. The highest BCUT2D eigenvalue weighted by molar-refractivity contribution is 6.13. The van der Waals surface area contributed by atoms with Crippen LogP contribution >= 0.6 is 0 Å². The van der Waals surface area contributed by atoms with Gasteiger partial charge in [0.2, 0.25) is 17.7 Å². The Morgan fingerprint density at radius 2 is 1.61 bits per heavy atom. The lowest BCUT2D eigenvalue weighted by molar-refractivity contribution is -0.134. The third-order valence-corrected chi connectivity index (χ3v) is 4.67. The Kier molecular flexibility index (Phi) is 5.63. The first-order valence-electron chi connectivity index (χ1n) is 9.03. The van der Waals surface area contributed by atoms with Crippen molar-refractivity contribution in [2.75, 3.05) is 17.7 Å². The molecule has 1 saturated carbocycles. The number of benzene rings is 2. The molecule has 7 heteroatoms. The van der Waals surface area contributed by atoms with Gasteiger partial charge < -0.3 is 20.7 Å². The largest absolute Gasteiger partial charge is 0.497 e. The van der Waals surface area contributed by atoms with Crippen molar-refractivity contribution in [3.05, 3.63) is 54.1 Å². The van der Waals surface area contributed by atoms with Gasteiger partial charge in [0.15, 0.2) is 0 Å². The molecule has 0 heterocycles. The molecule has 3 rings (SSSR count). The number of rotatable bonds is 7. The first kappa shape index (κ1) is 19.4. The minimum absolute atomic E-state index is 0.194. The highest BCUT2D eigenvalue weighted by atomic mass is 16.5. The Morgan fingerprint density at radius 3 is 2.18 bits per heavy atom. The fourth-order valence-electron chi connectivity index (χ4n) is 2.91. The van der Waals surface area contributed by atoms with Crippen molar-refractivity contribution >= 4 is 29.1 Å². The molecule has 0 spiro atoms. The van der Waals surface area contributed by atoms with Gasteiger partial charge in [-0.2, -0.15) is 0 Å².